The molecule has 0 aliphatic rings. The highest BCUT2D eigenvalue weighted by molar-refractivity contribution is 6.10. The van der Waals surface area contributed by atoms with Crippen LogP contribution in [0.2, 0.25) is 0 Å². The molecular formula is C21H21N7O2. The molecular weight excluding hydrogens is 382 g/mol. The van der Waals surface area contributed by atoms with Gasteiger partial charge in [0, 0.05) is 36.3 Å². The van der Waals surface area contributed by atoms with Crippen LogP contribution < -0.4 is 10.9 Å². The maximum atomic E-state index is 13.2. The summed E-state index contributed by atoms with van der Waals surface area (Å²) in [7, 11) is 1.52. The van der Waals surface area contributed by atoms with Crippen LogP contribution in [0.1, 0.15) is 37.0 Å². The molecule has 0 fully saturated rings. The predicted octanol–water partition coefficient (Wildman–Crippen LogP) is 2.46. The number of aromatic nitrogens is 6. The molecule has 1 aromatic carbocycles. The van der Waals surface area contributed by atoms with Gasteiger partial charge in [0.25, 0.3) is 17.4 Å². The number of amides is 1. The number of rotatable bonds is 3. The minimum atomic E-state index is -0.459. The molecule has 3 heterocycles. The lowest BCUT2D eigenvalue weighted by atomic mass is 9.92. The lowest BCUT2D eigenvalue weighted by Crippen LogP contribution is -2.26. The number of carbonyl (C=O) groups excluding carboxylic acids is 1. The Hall–Kier alpha value is -3.88. The van der Waals surface area contributed by atoms with Gasteiger partial charge in [0.2, 0.25) is 0 Å². The Labute approximate surface area is 172 Å². The molecule has 0 aliphatic carbocycles. The summed E-state index contributed by atoms with van der Waals surface area (Å²) in [5.41, 5.74) is 0.399. The Morgan fingerprint density at radius 3 is 2.33 bits per heavy atom. The quantitative estimate of drug-likeness (QED) is 0.563. The van der Waals surface area contributed by atoms with E-state index in [-0.39, 0.29) is 16.7 Å². The van der Waals surface area contributed by atoms with E-state index in [1.165, 1.54) is 11.7 Å². The standard InChI is InChI=1S/C21H21N7O2/c1-21(2,3)15-12-16(28(25-15)20-22-10-7-11-23-20)24-18(29)17-13-8-5-6-9-14(13)19(30)27(4)26-17/h5-12H,1-4H3,(H,24,29). The summed E-state index contributed by atoms with van der Waals surface area (Å²) in [6.45, 7) is 6.08. The molecule has 0 radical (unpaired) electrons. The summed E-state index contributed by atoms with van der Waals surface area (Å²) in [4.78, 5) is 34.0. The van der Waals surface area contributed by atoms with Gasteiger partial charge in [-0.3, -0.25) is 9.59 Å². The summed E-state index contributed by atoms with van der Waals surface area (Å²) >= 11 is 0. The Morgan fingerprint density at radius 1 is 1.00 bits per heavy atom. The third-order valence-corrected chi connectivity index (χ3v) is 4.63. The lowest BCUT2D eigenvalue weighted by Gasteiger charge is -2.13. The van der Waals surface area contributed by atoms with Gasteiger partial charge in [0.1, 0.15) is 5.82 Å². The number of carbonyl (C=O) groups is 1. The van der Waals surface area contributed by atoms with Crippen molar-refractivity contribution in [2.45, 2.75) is 26.2 Å². The molecule has 152 valence electrons. The average molecular weight is 403 g/mol. The zero-order valence-electron chi connectivity index (χ0n) is 17.1. The number of aryl methyl sites for hydroxylation is 1. The van der Waals surface area contributed by atoms with Crippen LogP contribution in [-0.2, 0) is 12.5 Å². The summed E-state index contributed by atoms with van der Waals surface area (Å²) in [6.07, 6.45) is 3.21. The zero-order valence-corrected chi connectivity index (χ0v) is 17.1. The van der Waals surface area contributed by atoms with Crippen LogP contribution in [0.15, 0.2) is 53.6 Å². The van der Waals surface area contributed by atoms with Crippen molar-refractivity contribution in [2.24, 2.45) is 7.05 Å². The van der Waals surface area contributed by atoms with Crippen LogP contribution in [-0.4, -0.2) is 35.4 Å². The maximum absolute atomic E-state index is 13.2. The van der Waals surface area contributed by atoms with Crippen LogP contribution in [0.4, 0.5) is 5.82 Å². The second kappa shape index (κ2) is 7.18. The summed E-state index contributed by atoms with van der Waals surface area (Å²) in [6, 6.07) is 10.4. The van der Waals surface area contributed by atoms with Crippen LogP contribution >= 0.6 is 0 Å². The van der Waals surface area contributed by atoms with Crippen molar-refractivity contribution in [3.05, 3.63) is 70.5 Å². The Bertz CT molecular complexity index is 1300. The molecule has 9 nitrogen and oxygen atoms in total. The van der Waals surface area contributed by atoms with E-state index in [9.17, 15) is 9.59 Å². The highest BCUT2D eigenvalue weighted by Gasteiger charge is 2.24. The van der Waals surface area contributed by atoms with Gasteiger partial charge in [-0.25, -0.2) is 14.6 Å². The zero-order chi connectivity index (χ0) is 21.5. The van der Waals surface area contributed by atoms with Crippen molar-refractivity contribution < 1.29 is 4.79 Å². The van der Waals surface area contributed by atoms with Gasteiger partial charge in [0.15, 0.2) is 5.69 Å². The summed E-state index contributed by atoms with van der Waals surface area (Å²) < 4.78 is 2.65. The molecule has 0 saturated heterocycles. The highest BCUT2D eigenvalue weighted by Crippen LogP contribution is 2.26. The van der Waals surface area contributed by atoms with Crippen LogP contribution in [0.3, 0.4) is 0 Å². The van der Waals surface area contributed by atoms with E-state index in [0.717, 1.165) is 10.4 Å². The van der Waals surface area contributed by atoms with Crippen molar-refractivity contribution in [2.75, 3.05) is 5.32 Å². The van der Waals surface area contributed by atoms with Crippen LogP contribution in [0.5, 0.6) is 0 Å². The van der Waals surface area contributed by atoms with Gasteiger partial charge in [0.05, 0.1) is 11.1 Å². The number of hydrogen-bond acceptors (Lipinski definition) is 6. The molecule has 9 heteroatoms. The van der Waals surface area contributed by atoms with E-state index >= 15 is 0 Å². The molecule has 0 saturated carbocycles. The maximum Gasteiger partial charge on any atom is 0.277 e. The number of nitrogens with zero attached hydrogens (tertiary/aromatic N) is 6. The molecule has 30 heavy (non-hydrogen) atoms. The Balaban J connectivity index is 1.81. The fourth-order valence-corrected chi connectivity index (χ4v) is 3.03. The normalized spacial score (nSPS) is 11.6. The summed E-state index contributed by atoms with van der Waals surface area (Å²) in [5, 5.41) is 12.5. The first-order valence-corrected chi connectivity index (χ1v) is 9.41. The van der Waals surface area contributed by atoms with Crippen molar-refractivity contribution >= 4 is 22.5 Å². The molecule has 3 aromatic heterocycles. The Morgan fingerprint density at radius 2 is 1.67 bits per heavy atom. The number of benzene rings is 1. The second-order valence-electron chi connectivity index (χ2n) is 7.90. The van der Waals surface area contributed by atoms with E-state index in [1.807, 2.05) is 20.8 Å². The topological polar surface area (TPSA) is 108 Å². The number of anilines is 1. The number of hydrogen-bond donors (Lipinski definition) is 1. The van der Waals surface area contributed by atoms with Crippen molar-refractivity contribution in [1.29, 1.82) is 0 Å². The first kappa shape index (κ1) is 19.4. The fourth-order valence-electron chi connectivity index (χ4n) is 3.03. The van der Waals surface area contributed by atoms with Gasteiger partial charge in [-0.15, -0.1) is 0 Å². The number of fused-ring (bicyclic) bond motifs is 1. The molecule has 0 unspecified atom stereocenters. The van der Waals surface area contributed by atoms with Crippen LogP contribution in [0, 0.1) is 0 Å². The van der Waals surface area contributed by atoms with Gasteiger partial charge >= 0.3 is 0 Å². The molecule has 0 aliphatic heterocycles. The fraction of sp³-hybridized carbons (Fsp3) is 0.238. The van der Waals surface area contributed by atoms with E-state index in [1.54, 1.807) is 48.8 Å². The largest absolute Gasteiger partial charge is 0.305 e. The van der Waals surface area contributed by atoms with Gasteiger partial charge in [-0.1, -0.05) is 39.0 Å². The SMILES string of the molecule is Cn1nc(C(=O)Nc2cc(C(C)(C)C)nn2-c2ncccn2)c2ccccc2c1=O. The second-order valence-corrected chi connectivity index (χ2v) is 7.90. The molecule has 0 bridgehead atoms. The smallest absolute Gasteiger partial charge is 0.277 e. The highest BCUT2D eigenvalue weighted by atomic mass is 16.2. The summed E-state index contributed by atoms with van der Waals surface area (Å²) in [5.74, 6) is 0.289. The van der Waals surface area contributed by atoms with E-state index in [2.05, 4.69) is 25.5 Å². The van der Waals surface area contributed by atoms with E-state index in [0.29, 0.717) is 22.5 Å². The van der Waals surface area contributed by atoms with Crippen LogP contribution in [0.25, 0.3) is 16.7 Å². The molecule has 0 spiro atoms. The average Bonchev–Trinajstić information content (AvgIpc) is 3.15. The first-order chi connectivity index (χ1) is 14.3. The van der Waals surface area contributed by atoms with Crippen molar-refractivity contribution in [3.8, 4) is 5.95 Å². The minimum Gasteiger partial charge on any atom is -0.305 e. The third kappa shape index (κ3) is 3.45. The third-order valence-electron chi connectivity index (χ3n) is 4.63. The predicted molar refractivity (Wildman–Crippen MR) is 113 cm³/mol. The van der Waals surface area contributed by atoms with Gasteiger partial charge in [-0.05, 0) is 12.1 Å². The molecule has 0 atom stereocenters. The van der Waals surface area contributed by atoms with Crippen molar-refractivity contribution in [1.82, 2.24) is 29.5 Å². The molecule has 4 rings (SSSR count). The molecule has 1 amide bonds. The van der Waals surface area contributed by atoms with Crippen molar-refractivity contribution in [3.63, 3.8) is 0 Å². The minimum absolute atomic E-state index is 0.145. The Kier molecular flexibility index (Phi) is 4.65. The molecule has 4 aromatic rings. The van der Waals surface area contributed by atoms with Gasteiger partial charge in [-0.2, -0.15) is 14.9 Å². The number of nitrogens with one attached hydrogen (secondary N) is 1. The van der Waals surface area contributed by atoms with E-state index in [4.69, 9.17) is 0 Å². The molecule has 1 N–H and O–H groups in total. The monoisotopic (exact) mass is 403 g/mol. The van der Waals surface area contributed by atoms with Gasteiger partial charge < -0.3 is 5.32 Å². The lowest BCUT2D eigenvalue weighted by molar-refractivity contribution is 0.102. The first-order valence-electron chi connectivity index (χ1n) is 9.41. The van der Waals surface area contributed by atoms with E-state index < -0.39 is 5.91 Å².